The van der Waals surface area contributed by atoms with Gasteiger partial charge >= 0.3 is 0 Å². The van der Waals surface area contributed by atoms with Gasteiger partial charge < -0.3 is 5.73 Å². The van der Waals surface area contributed by atoms with Crippen molar-refractivity contribution in [3.63, 3.8) is 0 Å². The molecule has 0 radical (unpaired) electrons. The zero-order valence-electron chi connectivity index (χ0n) is 10.7. The Balaban J connectivity index is 2.02. The minimum absolute atomic E-state index is 0.798. The fourth-order valence-electron chi connectivity index (χ4n) is 2.84. The molecule has 1 aliphatic carbocycles. The summed E-state index contributed by atoms with van der Waals surface area (Å²) in [6.45, 7) is 2.27. The number of nitrogen functional groups attached to an aromatic ring is 1. The number of aryl methyl sites for hydroxylation is 1. The number of hydrogen-bond acceptors (Lipinski definition) is 2. The lowest BCUT2D eigenvalue weighted by molar-refractivity contribution is 0.443. The molecule has 0 fully saturated rings. The van der Waals surface area contributed by atoms with Crippen molar-refractivity contribution < 1.29 is 0 Å². The van der Waals surface area contributed by atoms with Crippen LogP contribution in [0.25, 0.3) is 11.3 Å². The number of benzene rings is 1. The lowest BCUT2D eigenvalue weighted by Gasteiger charge is -2.20. The second kappa shape index (κ2) is 4.48. The number of aromatic nitrogens is 2. The van der Waals surface area contributed by atoms with Crippen LogP contribution in [0.5, 0.6) is 0 Å². The van der Waals surface area contributed by atoms with Gasteiger partial charge in [-0.2, -0.15) is 5.10 Å². The van der Waals surface area contributed by atoms with Crippen LogP contribution < -0.4 is 5.73 Å². The highest BCUT2D eigenvalue weighted by atomic mass is 15.1. The van der Waals surface area contributed by atoms with Gasteiger partial charge in [0.15, 0.2) is 0 Å². The van der Waals surface area contributed by atoms with E-state index in [0.29, 0.717) is 0 Å². The third-order valence-corrected chi connectivity index (χ3v) is 3.99. The van der Waals surface area contributed by atoms with Crippen molar-refractivity contribution in [2.75, 3.05) is 5.73 Å². The van der Waals surface area contributed by atoms with Gasteiger partial charge in [-0.3, -0.25) is 5.10 Å². The molecule has 2 aromatic rings. The lowest BCUT2D eigenvalue weighted by Crippen LogP contribution is -2.13. The Hall–Kier alpha value is -1.77. The number of nitrogens with zero attached hydrogens (tertiary/aromatic N) is 1. The average molecular weight is 241 g/mol. The van der Waals surface area contributed by atoms with E-state index in [4.69, 9.17) is 5.73 Å². The highest BCUT2D eigenvalue weighted by Crippen LogP contribution is 2.33. The fraction of sp³-hybridized carbons (Fsp3) is 0.400. The van der Waals surface area contributed by atoms with E-state index >= 15 is 0 Å². The summed E-state index contributed by atoms with van der Waals surface area (Å²) in [7, 11) is 0. The Morgan fingerprint density at radius 3 is 3.11 bits per heavy atom. The van der Waals surface area contributed by atoms with Gasteiger partial charge in [-0.15, -0.1) is 0 Å². The molecule has 1 unspecified atom stereocenters. The number of rotatable bonds is 2. The van der Waals surface area contributed by atoms with Crippen molar-refractivity contribution in [3.05, 3.63) is 35.5 Å². The Kier molecular flexibility index (Phi) is 2.82. The van der Waals surface area contributed by atoms with E-state index in [-0.39, 0.29) is 0 Å². The molecule has 1 atom stereocenters. The number of fused-ring (bicyclic) bond motifs is 1. The smallest absolute Gasteiger partial charge is 0.0956 e. The van der Waals surface area contributed by atoms with Crippen LogP contribution in [-0.2, 0) is 12.8 Å². The number of nitrogens with one attached hydrogen (secondary N) is 1. The molecule has 18 heavy (non-hydrogen) atoms. The maximum absolute atomic E-state index is 5.86. The Bertz CT molecular complexity index is 557. The number of nitrogens with two attached hydrogens (primary N) is 1. The van der Waals surface area contributed by atoms with Crippen LogP contribution in [0.3, 0.4) is 0 Å². The lowest BCUT2D eigenvalue weighted by atomic mass is 9.84. The molecule has 0 spiro atoms. The van der Waals surface area contributed by atoms with E-state index in [1.165, 1.54) is 24.1 Å². The molecular weight excluding hydrogens is 222 g/mol. The predicted octanol–water partition coefficient (Wildman–Crippen LogP) is 3.17. The van der Waals surface area contributed by atoms with Gasteiger partial charge in [0, 0.05) is 22.5 Å². The van der Waals surface area contributed by atoms with Crippen molar-refractivity contribution in [1.82, 2.24) is 10.2 Å². The maximum Gasteiger partial charge on any atom is 0.0956 e. The number of aromatic amines is 1. The van der Waals surface area contributed by atoms with Crippen LogP contribution in [0, 0.1) is 5.92 Å². The van der Waals surface area contributed by atoms with Gasteiger partial charge in [-0.05, 0) is 37.3 Å². The fourth-order valence-corrected chi connectivity index (χ4v) is 2.84. The van der Waals surface area contributed by atoms with Crippen molar-refractivity contribution in [3.8, 4) is 11.3 Å². The average Bonchev–Trinajstić information content (AvgIpc) is 2.81. The molecule has 0 bridgehead atoms. The Morgan fingerprint density at radius 2 is 2.33 bits per heavy atom. The third-order valence-electron chi connectivity index (χ3n) is 3.99. The normalized spacial score (nSPS) is 18.6. The van der Waals surface area contributed by atoms with Crippen molar-refractivity contribution in [2.24, 2.45) is 5.92 Å². The summed E-state index contributed by atoms with van der Waals surface area (Å²) in [6.07, 6.45) is 4.80. The molecule has 1 aromatic carbocycles. The van der Waals surface area contributed by atoms with Crippen LogP contribution in [0.1, 0.15) is 31.0 Å². The second-order valence-electron chi connectivity index (χ2n) is 5.17. The van der Waals surface area contributed by atoms with Crippen LogP contribution in [0.15, 0.2) is 24.3 Å². The van der Waals surface area contributed by atoms with Crippen LogP contribution in [0.4, 0.5) is 5.69 Å². The van der Waals surface area contributed by atoms with Crippen LogP contribution >= 0.6 is 0 Å². The first-order valence-electron chi connectivity index (χ1n) is 6.70. The first-order valence-corrected chi connectivity index (χ1v) is 6.70. The van der Waals surface area contributed by atoms with Gasteiger partial charge in [0.25, 0.3) is 0 Å². The topological polar surface area (TPSA) is 54.7 Å². The maximum atomic E-state index is 5.86. The quantitative estimate of drug-likeness (QED) is 0.793. The van der Waals surface area contributed by atoms with Crippen LogP contribution in [-0.4, -0.2) is 10.2 Å². The SMILES string of the molecule is CCC1CCc2[nH]nc(-c3cccc(N)c3)c2C1. The van der Waals surface area contributed by atoms with Gasteiger partial charge in [0.05, 0.1) is 5.69 Å². The summed E-state index contributed by atoms with van der Waals surface area (Å²) in [6, 6.07) is 8.00. The summed E-state index contributed by atoms with van der Waals surface area (Å²) in [5.41, 5.74) is 11.6. The van der Waals surface area contributed by atoms with Crippen LogP contribution in [0.2, 0.25) is 0 Å². The number of H-pyrrole nitrogens is 1. The first kappa shape index (κ1) is 11.3. The molecule has 1 aliphatic rings. The zero-order valence-corrected chi connectivity index (χ0v) is 10.7. The van der Waals surface area contributed by atoms with E-state index in [0.717, 1.165) is 35.7 Å². The summed E-state index contributed by atoms with van der Waals surface area (Å²) >= 11 is 0. The molecule has 0 saturated carbocycles. The highest BCUT2D eigenvalue weighted by Gasteiger charge is 2.23. The van der Waals surface area contributed by atoms with Gasteiger partial charge in [0.1, 0.15) is 0 Å². The van der Waals surface area contributed by atoms with E-state index in [1.807, 2.05) is 18.2 Å². The van der Waals surface area contributed by atoms with Gasteiger partial charge in [0.2, 0.25) is 0 Å². The summed E-state index contributed by atoms with van der Waals surface area (Å²) in [4.78, 5) is 0. The Labute approximate surface area is 107 Å². The summed E-state index contributed by atoms with van der Waals surface area (Å²) in [5, 5.41) is 7.70. The molecule has 0 amide bonds. The molecule has 3 heteroatoms. The molecule has 0 aliphatic heterocycles. The summed E-state index contributed by atoms with van der Waals surface area (Å²) < 4.78 is 0. The third kappa shape index (κ3) is 1.90. The molecule has 3 N–H and O–H groups in total. The monoisotopic (exact) mass is 241 g/mol. The first-order chi connectivity index (χ1) is 8.78. The van der Waals surface area contributed by atoms with Gasteiger partial charge in [-0.25, -0.2) is 0 Å². The predicted molar refractivity (Wildman–Crippen MR) is 74.2 cm³/mol. The van der Waals surface area contributed by atoms with Crippen molar-refractivity contribution in [2.45, 2.75) is 32.6 Å². The molecule has 0 saturated heterocycles. The minimum Gasteiger partial charge on any atom is -0.399 e. The molecule has 1 aromatic heterocycles. The number of anilines is 1. The van der Waals surface area contributed by atoms with E-state index in [1.54, 1.807) is 0 Å². The van der Waals surface area contributed by atoms with Crippen molar-refractivity contribution >= 4 is 5.69 Å². The van der Waals surface area contributed by atoms with E-state index < -0.39 is 0 Å². The summed E-state index contributed by atoms with van der Waals surface area (Å²) in [5.74, 6) is 0.801. The molecular formula is C15H19N3. The zero-order chi connectivity index (χ0) is 12.5. The minimum atomic E-state index is 0.798. The molecule has 3 rings (SSSR count). The van der Waals surface area contributed by atoms with E-state index in [2.05, 4.69) is 23.2 Å². The van der Waals surface area contributed by atoms with Crippen molar-refractivity contribution in [1.29, 1.82) is 0 Å². The largest absolute Gasteiger partial charge is 0.399 e. The number of hydrogen-bond donors (Lipinski definition) is 2. The molecule has 3 nitrogen and oxygen atoms in total. The van der Waals surface area contributed by atoms with E-state index in [9.17, 15) is 0 Å². The Morgan fingerprint density at radius 1 is 1.44 bits per heavy atom. The molecule has 94 valence electrons. The van der Waals surface area contributed by atoms with Gasteiger partial charge in [-0.1, -0.05) is 25.5 Å². The standard InChI is InChI=1S/C15H19N3/c1-2-10-6-7-14-13(8-10)15(18-17-14)11-4-3-5-12(16)9-11/h3-5,9-10H,2,6-8,16H2,1H3,(H,17,18). The molecule has 1 heterocycles. The highest BCUT2D eigenvalue weighted by molar-refractivity contribution is 5.67. The second-order valence-corrected chi connectivity index (χ2v) is 5.17.